The van der Waals surface area contributed by atoms with E-state index in [4.69, 9.17) is 9.47 Å². The number of hydrogen-bond donors (Lipinski definition) is 1. The van der Waals surface area contributed by atoms with Gasteiger partial charge >= 0.3 is 5.97 Å². The highest BCUT2D eigenvalue weighted by Crippen LogP contribution is 2.59. The van der Waals surface area contributed by atoms with Crippen molar-refractivity contribution in [2.24, 2.45) is 11.8 Å². The summed E-state index contributed by atoms with van der Waals surface area (Å²) in [7, 11) is 1.73. The molecule has 1 saturated carbocycles. The molecule has 4 aliphatic heterocycles. The Labute approximate surface area is 291 Å². The number of likely N-dealkylation sites (tertiary alicyclic amines) is 1. The Kier molecular flexibility index (Phi) is 10.8. The number of aliphatic hydroxyl groups is 1. The number of carbonyl (C=O) groups is 4. The van der Waals surface area contributed by atoms with Gasteiger partial charge in [0.05, 0.1) is 12.0 Å². The van der Waals surface area contributed by atoms with Crippen LogP contribution in [0.5, 0.6) is 0 Å². The fraction of sp³-hybridized carbons (Fsp3) is 0.622. The Morgan fingerprint density at radius 2 is 1.71 bits per heavy atom. The van der Waals surface area contributed by atoms with Gasteiger partial charge in [-0.25, -0.2) is 0 Å². The topological polar surface area (TPSA) is 117 Å². The number of ether oxygens (including phenoxy) is 2. The van der Waals surface area contributed by atoms with Crippen molar-refractivity contribution in [3.8, 4) is 0 Å². The minimum absolute atomic E-state index is 0.0202. The Balaban J connectivity index is 1.43. The largest absolute Gasteiger partial charge is 0.455 e. The van der Waals surface area contributed by atoms with Gasteiger partial charge in [-0.3, -0.25) is 19.2 Å². The normalized spacial score (nSPS) is 34.0. The molecule has 0 unspecified atom stereocenters. The van der Waals surface area contributed by atoms with Gasteiger partial charge in [-0.15, -0.1) is 0 Å². The number of likely N-dealkylation sites (N-methyl/N-ethyl adjacent to an activating group) is 1. The number of aliphatic hydroxyl groups excluding tert-OH is 1. The molecule has 0 aromatic heterocycles. The number of carbonyl (C=O) groups excluding carboxylic acids is 4. The summed E-state index contributed by atoms with van der Waals surface area (Å²) in [4.78, 5) is 62.6. The van der Waals surface area contributed by atoms with Crippen molar-refractivity contribution in [2.45, 2.75) is 107 Å². The molecule has 3 amide bonds. The molecule has 6 rings (SSSR count). The van der Waals surface area contributed by atoms with Gasteiger partial charge in [0.25, 0.3) is 0 Å². The minimum atomic E-state index is -1.33. The SMILES string of the molecule is C[C@@H]1[C@@H](c2ccccc2)OC(=O)[C@@H]2[C@H]3O[C@@]4(C=C3Br)[C@H](C(=O)N(C3CCCCC3)C/C=C\CCC(=O)N1C)N(CCCCCO)C(=O)[C@@H]24. The molecule has 260 valence electrons. The van der Waals surface area contributed by atoms with Gasteiger partial charge in [0.1, 0.15) is 29.8 Å². The summed E-state index contributed by atoms with van der Waals surface area (Å²) in [6, 6.07) is 7.94. The zero-order chi connectivity index (χ0) is 34.0. The molecule has 10 nitrogen and oxygen atoms in total. The van der Waals surface area contributed by atoms with Gasteiger partial charge in [-0.1, -0.05) is 77.7 Å². The maximum atomic E-state index is 15.0. The molecule has 5 bridgehead atoms. The molecule has 4 heterocycles. The van der Waals surface area contributed by atoms with E-state index in [1.165, 1.54) is 0 Å². The number of cyclic esters (lactones) is 1. The first-order chi connectivity index (χ1) is 23.2. The molecule has 11 heteroatoms. The molecule has 3 fully saturated rings. The fourth-order valence-corrected chi connectivity index (χ4v) is 9.19. The molecular weight excluding hydrogens is 678 g/mol. The van der Waals surface area contributed by atoms with Crippen LogP contribution in [0.3, 0.4) is 0 Å². The van der Waals surface area contributed by atoms with Crippen LogP contribution in [0, 0.1) is 11.8 Å². The van der Waals surface area contributed by atoms with Crippen molar-refractivity contribution in [2.75, 3.05) is 26.7 Å². The molecule has 1 aromatic carbocycles. The second-order valence-corrected chi connectivity index (χ2v) is 14.9. The summed E-state index contributed by atoms with van der Waals surface area (Å²) >= 11 is 3.65. The van der Waals surface area contributed by atoms with Crippen LogP contribution in [0.25, 0.3) is 0 Å². The Morgan fingerprint density at radius 1 is 0.958 bits per heavy atom. The lowest BCUT2D eigenvalue weighted by Crippen LogP contribution is -2.58. The lowest BCUT2D eigenvalue weighted by atomic mass is 9.74. The standard InChI is InChI=1S/C37H48BrN3O7/c1-24-31(25-15-7-3-8-16-25)47-36(46)29-30-34(44)41(21-13-6-14-22-42)33(37(30)23-27(38)32(29)48-37)35(45)40(26-17-9-4-10-18-26)20-12-5-11-19-28(43)39(24)2/h3,5,7-8,12,15-16,23-24,26,29-33,42H,4,6,9-11,13-14,17-22H2,1-2H3/b12-5-/t24-,29+,30-,31+,32+,33+,37-/m1/s1. The number of fused-ring (bicyclic) bond motifs is 2. The molecular formula is C37H48BrN3O7. The van der Waals surface area contributed by atoms with E-state index in [0.717, 1.165) is 37.7 Å². The molecule has 5 aliphatic rings. The van der Waals surface area contributed by atoms with Gasteiger partial charge in [0, 0.05) is 43.7 Å². The number of benzene rings is 1. The molecule has 1 spiro atoms. The number of halogens is 1. The molecule has 7 atom stereocenters. The summed E-state index contributed by atoms with van der Waals surface area (Å²) in [5.41, 5.74) is -0.590. The number of rotatable bonds is 7. The zero-order valence-corrected chi connectivity index (χ0v) is 29.6. The lowest BCUT2D eigenvalue weighted by Gasteiger charge is -2.40. The van der Waals surface area contributed by atoms with Crippen LogP contribution < -0.4 is 0 Å². The Morgan fingerprint density at radius 3 is 2.44 bits per heavy atom. The van der Waals surface area contributed by atoms with Gasteiger partial charge in [-0.05, 0) is 57.1 Å². The molecule has 48 heavy (non-hydrogen) atoms. The van der Waals surface area contributed by atoms with Crippen molar-refractivity contribution >= 4 is 39.6 Å². The van der Waals surface area contributed by atoms with E-state index in [9.17, 15) is 24.3 Å². The molecule has 1 N–H and O–H groups in total. The highest BCUT2D eigenvalue weighted by atomic mass is 79.9. The highest BCUT2D eigenvalue weighted by Gasteiger charge is 2.75. The van der Waals surface area contributed by atoms with Crippen LogP contribution in [-0.4, -0.2) is 100 Å². The van der Waals surface area contributed by atoms with Gasteiger partial charge in [0.2, 0.25) is 17.7 Å². The zero-order valence-electron chi connectivity index (χ0n) is 28.0. The van der Waals surface area contributed by atoms with Gasteiger partial charge in [-0.2, -0.15) is 0 Å². The summed E-state index contributed by atoms with van der Waals surface area (Å²) in [6.07, 6.45) is 11.9. The summed E-state index contributed by atoms with van der Waals surface area (Å²) < 4.78 is 13.7. The predicted octanol–water partition coefficient (Wildman–Crippen LogP) is 4.66. The first-order valence-electron chi connectivity index (χ1n) is 17.6. The summed E-state index contributed by atoms with van der Waals surface area (Å²) in [6.45, 7) is 2.61. The van der Waals surface area contributed by atoms with Gasteiger partial charge in [0.15, 0.2) is 0 Å². The van der Waals surface area contributed by atoms with E-state index in [-0.39, 0.29) is 36.8 Å². The third-order valence-electron chi connectivity index (χ3n) is 11.1. The third kappa shape index (κ3) is 6.38. The number of amides is 3. The Bertz CT molecular complexity index is 1430. The number of esters is 1. The molecule has 1 aliphatic carbocycles. The highest BCUT2D eigenvalue weighted by molar-refractivity contribution is 9.11. The average molecular weight is 727 g/mol. The van der Waals surface area contributed by atoms with Crippen LogP contribution in [0.15, 0.2) is 53.0 Å². The lowest BCUT2D eigenvalue weighted by molar-refractivity contribution is -0.164. The number of allylic oxidation sites excluding steroid dienone is 1. The maximum absolute atomic E-state index is 15.0. The average Bonchev–Trinajstić information content (AvgIpc) is 3.69. The van der Waals surface area contributed by atoms with Crippen LogP contribution in [-0.2, 0) is 28.7 Å². The molecule has 0 radical (unpaired) electrons. The monoisotopic (exact) mass is 725 g/mol. The number of nitrogens with zero attached hydrogens (tertiary/aromatic N) is 3. The maximum Gasteiger partial charge on any atom is 0.313 e. The number of hydrogen-bond acceptors (Lipinski definition) is 7. The van der Waals surface area contributed by atoms with E-state index < -0.39 is 47.7 Å². The summed E-state index contributed by atoms with van der Waals surface area (Å²) in [5.74, 6) is -3.04. The fourth-order valence-electron chi connectivity index (χ4n) is 8.46. The second kappa shape index (κ2) is 14.8. The van der Waals surface area contributed by atoms with Crippen molar-refractivity contribution < 1.29 is 33.8 Å². The quantitative estimate of drug-likeness (QED) is 0.247. The van der Waals surface area contributed by atoms with Crippen molar-refractivity contribution in [1.29, 1.82) is 0 Å². The van der Waals surface area contributed by atoms with Crippen LogP contribution in [0.1, 0.15) is 82.8 Å². The van der Waals surface area contributed by atoms with E-state index in [1.807, 2.05) is 60.4 Å². The Hall–Kier alpha value is -3.02. The van der Waals surface area contributed by atoms with Crippen molar-refractivity contribution in [3.63, 3.8) is 0 Å². The van der Waals surface area contributed by atoms with E-state index in [1.54, 1.807) is 16.8 Å². The van der Waals surface area contributed by atoms with Gasteiger partial charge < -0.3 is 29.3 Å². The third-order valence-corrected chi connectivity index (χ3v) is 11.8. The van der Waals surface area contributed by atoms with Crippen LogP contribution >= 0.6 is 15.9 Å². The van der Waals surface area contributed by atoms with E-state index >= 15 is 0 Å². The minimum Gasteiger partial charge on any atom is -0.455 e. The van der Waals surface area contributed by atoms with Crippen LogP contribution in [0.2, 0.25) is 0 Å². The van der Waals surface area contributed by atoms with Crippen molar-refractivity contribution in [3.05, 3.63) is 58.6 Å². The first kappa shape index (κ1) is 34.8. The summed E-state index contributed by atoms with van der Waals surface area (Å²) in [5, 5.41) is 9.40. The smallest absolute Gasteiger partial charge is 0.313 e. The first-order valence-corrected chi connectivity index (χ1v) is 18.4. The van der Waals surface area contributed by atoms with E-state index in [0.29, 0.717) is 43.3 Å². The van der Waals surface area contributed by atoms with E-state index in [2.05, 4.69) is 15.9 Å². The second-order valence-electron chi connectivity index (χ2n) is 13.9. The number of unbranched alkanes of at least 4 members (excludes halogenated alkanes) is 2. The predicted molar refractivity (Wildman–Crippen MR) is 182 cm³/mol. The molecule has 2 saturated heterocycles. The van der Waals surface area contributed by atoms with Crippen molar-refractivity contribution in [1.82, 2.24) is 14.7 Å². The van der Waals surface area contributed by atoms with Crippen LogP contribution in [0.4, 0.5) is 0 Å². The molecule has 1 aromatic rings.